The van der Waals surface area contributed by atoms with E-state index in [1.807, 2.05) is 0 Å². The van der Waals surface area contributed by atoms with Gasteiger partial charge in [0.2, 0.25) is 0 Å². The summed E-state index contributed by atoms with van der Waals surface area (Å²) in [7, 11) is 2.42. The average molecular weight is 108 g/mol. The van der Waals surface area contributed by atoms with E-state index < -0.39 is 0 Å². The highest BCUT2D eigenvalue weighted by Gasteiger charge is 1.49. The summed E-state index contributed by atoms with van der Waals surface area (Å²) in [6.45, 7) is 0. The summed E-state index contributed by atoms with van der Waals surface area (Å²) < 4.78 is 0. The molecule has 0 amide bonds. The molecule has 24 valence electrons. The molecule has 0 unspecified atom stereocenters. The van der Waals surface area contributed by atoms with Gasteiger partial charge in [-0.25, -0.2) is 0 Å². The van der Waals surface area contributed by atoms with Crippen LogP contribution in [0.5, 0.6) is 0 Å². The lowest BCUT2D eigenvalue weighted by Gasteiger charge is -1.53. The fourth-order valence-electron chi connectivity index (χ4n) is 0. The molecule has 0 nitrogen and oxygen atoms in total. The van der Waals surface area contributed by atoms with Crippen LogP contribution in [0.3, 0.4) is 0 Å². The molecular formula is CH5PSSi. The zero-order valence-corrected chi connectivity index (χ0v) is 6.27. The van der Waals surface area contributed by atoms with Crippen molar-refractivity contribution in [3.63, 3.8) is 0 Å². The number of hydrogen-bond acceptors (Lipinski definition) is 1. The third-order valence-electron chi connectivity index (χ3n) is 0.129. The van der Waals surface area contributed by atoms with E-state index in [1.54, 1.807) is 0 Å². The van der Waals surface area contributed by atoms with E-state index in [-0.39, 0.29) is 0 Å². The van der Waals surface area contributed by atoms with Gasteiger partial charge in [0.1, 0.15) is 0 Å². The molecule has 3 heteroatoms. The second kappa shape index (κ2) is 3.74. The average Bonchev–Trinajstić information content (AvgIpc) is 1.37. The van der Waals surface area contributed by atoms with Crippen molar-refractivity contribution in [3.8, 4) is 0 Å². The van der Waals surface area contributed by atoms with Gasteiger partial charge in [-0.15, -0.1) is 0 Å². The van der Waals surface area contributed by atoms with E-state index in [9.17, 15) is 0 Å². The molecule has 4 heavy (non-hydrogen) atoms. The molecule has 0 rings (SSSR count). The zero-order chi connectivity index (χ0) is 3.41. The third-order valence-corrected chi connectivity index (χ3v) is 3.49. The molecule has 0 aromatic rings. The fourth-order valence-corrected chi connectivity index (χ4v) is 0. The Bertz CT molecular complexity index is 22.0. The van der Waals surface area contributed by atoms with Gasteiger partial charge in [0.25, 0.3) is 0 Å². The van der Waals surface area contributed by atoms with Crippen LogP contribution in [0.25, 0.3) is 0 Å². The minimum Gasteiger partial charge on any atom is -0.0581 e. The summed E-state index contributed by atoms with van der Waals surface area (Å²) in [5.74, 6) is 1.25. The smallest absolute Gasteiger partial charge is 0.0143 e. The molecule has 0 spiro atoms. The third kappa shape index (κ3) is 2.74. The Hall–Kier alpha value is 0.737. The quantitative estimate of drug-likeness (QED) is 0.329. The molecule has 0 aliphatic rings. The molecule has 0 saturated heterocycles. The molecule has 0 heterocycles. The Labute approximate surface area is 35.9 Å². The first-order chi connectivity index (χ1) is 1.91. The highest BCUT2D eigenvalue weighted by Crippen LogP contribution is 1.79. The van der Waals surface area contributed by atoms with Crippen molar-refractivity contribution in [2.45, 2.75) is 0 Å². The first-order valence-corrected chi connectivity index (χ1v) is 4.71. The van der Waals surface area contributed by atoms with Crippen LogP contribution < -0.4 is 0 Å². The first-order valence-electron chi connectivity index (χ1n) is 1.21. The van der Waals surface area contributed by atoms with E-state index in [1.165, 1.54) is 16.0 Å². The normalized spacial score (nSPS) is 9.00. The molecule has 0 aliphatic carbocycles. The van der Waals surface area contributed by atoms with E-state index in [4.69, 9.17) is 0 Å². The van der Waals surface area contributed by atoms with Gasteiger partial charge >= 0.3 is 0 Å². The van der Waals surface area contributed by atoms with Crippen molar-refractivity contribution in [2.75, 3.05) is 5.79 Å². The maximum atomic E-state index is 4.56. The molecule has 0 fully saturated rings. The highest BCUT2D eigenvalue weighted by molar-refractivity contribution is 7.96. The van der Waals surface area contributed by atoms with Crippen molar-refractivity contribution >= 4 is 29.4 Å². The van der Waals surface area contributed by atoms with Gasteiger partial charge < -0.3 is 0 Å². The van der Waals surface area contributed by atoms with Crippen LogP contribution in [-0.2, 0) is 11.8 Å². The van der Waals surface area contributed by atoms with Gasteiger partial charge in [-0.1, -0.05) is 11.8 Å². The fraction of sp³-hybridized carbons (Fsp3) is 1.00. The Kier molecular flexibility index (Phi) is 4.43. The minimum atomic E-state index is 1.14. The maximum Gasteiger partial charge on any atom is 0.0143 e. The first kappa shape index (κ1) is 4.74. The molecule has 0 aromatic carbocycles. The van der Waals surface area contributed by atoms with E-state index in [0.717, 1.165) is 7.36 Å². The van der Waals surface area contributed by atoms with Crippen molar-refractivity contribution in [1.82, 2.24) is 0 Å². The van der Waals surface area contributed by atoms with Crippen LogP contribution in [0, 0.1) is 0 Å². The van der Waals surface area contributed by atoms with Gasteiger partial charge in [-0.05, 0) is 13.1 Å². The molecule has 0 aliphatic heterocycles. The van der Waals surface area contributed by atoms with Crippen LogP contribution in [0.4, 0.5) is 0 Å². The standard InChI is InChI=1S/CH5PSSi/c3-2-1-4/h1H2,4H3. The van der Waals surface area contributed by atoms with Crippen LogP contribution in [0.1, 0.15) is 0 Å². The predicted octanol–water partition coefficient (Wildman–Crippen LogP) is -0.283. The molecule has 0 atom stereocenters. The minimum absolute atomic E-state index is 1.14. The summed E-state index contributed by atoms with van der Waals surface area (Å²) in [6, 6.07) is 0. The zero-order valence-electron chi connectivity index (χ0n) is 2.56. The molecule has 0 aromatic heterocycles. The predicted molar refractivity (Wildman–Crippen MR) is 29.1 cm³/mol. The summed E-state index contributed by atoms with van der Waals surface area (Å²) in [5, 5.41) is 0. The van der Waals surface area contributed by atoms with Gasteiger partial charge in [0.05, 0.1) is 0 Å². The summed E-state index contributed by atoms with van der Waals surface area (Å²) in [4.78, 5) is 0. The largest absolute Gasteiger partial charge is 0.0581 e. The second-order valence-electron chi connectivity index (χ2n) is 0.445. The van der Waals surface area contributed by atoms with Crippen molar-refractivity contribution in [1.29, 1.82) is 0 Å². The number of hydrogen-bond donors (Lipinski definition) is 0. The molecule has 0 radical (unpaired) electrons. The maximum absolute atomic E-state index is 4.56. The van der Waals surface area contributed by atoms with Crippen molar-refractivity contribution in [2.24, 2.45) is 0 Å². The van der Waals surface area contributed by atoms with E-state index in [0.29, 0.717) is 0 Å². The lowest BCUT2D eigenvalue weighted by molar-refractivity contribution is 2.25. The summed E-state index contributed by atoms with van der Waals surface area (Å²) in [6.07, 6.45) is 0. The van der Waals surface area contributed by atoms with Gasteiger partial charge in [-0.3, -0.25) is 0 Å². The van der Waals surface area contributed by atoms with Crippen molar-refractivity contribution in [3.05, 3.63) is 0 Å². The molecule has 0 N–H and O–H groups in total. The monoisotopic (exact) mass is 108 g/mol. The SMILES string of the molecule is [SiH3]CP=S. The van der Waals surface area contributed by atoms with Crippen LogP contribution in [0.2, 0.25) is 0 Å². The Morgan fingerprint density at radius 3 is 2.25 bits per heavy atom. The van der Waals surface area contributed by atoms with Crippen LogP contribution >= 0.6 is 7.36 Å². The highest BCUT2D eigenvalue weighted by atomic mass is 32.4. The van der Waals surface area contributed by atoms with Crippen LogP contribution in [0.15, 0.2) is 0 Å². The molecule has 0 bridgehead atoms. The lowest BCUT2D eigenvalue weighted by atomic mass is 11.9. The van der Waals surface area contributed by atoms with Crippen molar-refractivity contribution < 1.29 is 0 Å². The van der Waals surface area contributed by atoms with E-state index >= 15 is 0 Å². The Balaban J connectivity index is 2.30. The lowest BCUT2D eigenvalue weighted by Crippen LogP contribution is -1.54. The Morgan fingerprint density at radius 1 is 2.00 bits per heavy atom. The van der Waals surface area contributed by atoms with Crippen LogP contribution in [-0.4, -0.2) is 16.0 Å². The van der Waals surface area contributed by atoms with E-state index in [2.05, 4.69) is 11.8 Å². The summed E-state index contributed by atoms with van der Waals surface area (Å²) >= 11 is 4.56. The topological polar surface area (TPSA) is 0 Å². The van der Waals surface area contributed by atoms with Gasteiger partial charge in [0, 0.05) is 10.2 Å². The van der Waals surface area contributed by atoms with Gasteiger partial charge in [0.15, 0.2) is 0 Å². The van der Waals surface area contributed by atoms with Gasteiger partial charge in [-0.2, -0.15) is 0 Å². The summed E-state index contributed by atoms with van der Waals surface area (Å²) in [5.41, 5.74) is 0. The molecular weight excluding hydrogens is 103 g/mol. The number of rotatable bonds is 1. The Morgan fingerprint density at radius 2 is 2.25 bits per heavy atom. The molecule has 0 saturated carbocycles. The second-order valence-corrected chi connectivity index (χ2v) is 4.01.